The third-order valence-corrected chi connectivity index (χ3v) is 4.75. The van der Waals surface area contributed by atoms with Crippen molar-refractivity contribution in [2.75, 3.05) is 5.32 Å². The van der Waals surface area contributed by atoms with Crippen LogP contribution in [-0.2, 0) is 11.2 Å². The number of thiophene rings is 1. The number of H-pyrrole nitrogens is 1. The topological polar surface area (TPSA) is 70.7 Å². The van der Waals surface area contributed by atoms with Crippen LogP contribution in [-0.4, -0.2) is 21.1 Å². The number of anilines is 1. The molecule has 0 aliphatic rings. The number of amides is 1. The average molecular weight is 318 g/mol. The lowest BCUT2D eigenvalue weighted by Gasteiger charge is -2.01. The number of aromatic nitrogens is 3. The third kappa shape index (κ3) is 3.03. The van der Waals surface area contributed by atoms with Crippen LogP contribution in [0.5, 0.6) is 0 Å². The van der Waals surface area contributed by atoms with Gasteiger partial charge in [0.2, 0.25) is 5.91 Å². The molecule has 3 rings (SSSR count). The number of nitrogens with zero attached hydrogens (tertiary/aromatic N) is 2. The second kappa shape index (κ2) is 5.79. The normalized spacial score (nSPS) is 10.8. The molecule has 0 aromatic carbocycles. The highest BCUT2D eigenvalue weighted by Crippen LogP contribution is 2.29. The van der Waals surface area contributed by atoms with Gasteiger partial charge in [-0.3, -0.25) is 9.89 Å². The van der Waals surface area contributed by atoms with Gasteiger partial charge in [0.1, 0.15) is 0 Å². The van der Waals surface area contributed by atoms with Crippen LogP contribution in [0, 0.1) is 13.8 Å². The van der Waals surface area contributed by atoms with Crippen LogP contribution in [0.1, 0.15) is 16.3 Å². The average Bonchev–Trinajstić information content (AvgIpc) is 3.14. The minimum atomic E-state index is -0.104. The zero-order valence-corrected chi connectivity index (χ0v) is 13.3. The summed E-state index contributed by atoms with van der Waals surface area (Å²) in [5, 5.41) is 14.9. The van der Waals surface area contributed by atoms with E-state index in [0.717, 1.165) is 26.8 Å². The molecule has 3 aromatic rings. The highest BCUT2D eigenvalue weighted by molar-refractivity contribution is 7.13. The minimum Gasteiger partial charge on any atom is -0.309 e. The zero-order valence-electron chi connectivity index (χ0n) is 11.6. The van der Waals surface area contributed by atoms with Crippen molar-refractivity contribution in [1.29, 1.82) is 0 Å². The van der Waals surface area contributed by atoms with Crippen LogP contribution >= 0.6 is 22.7 Å². The molecule has 7 heteroatoms. The van der Waals surface area contributed by atoms with E-state index in [9.17, 15) is 4.79 Å². The number of thiazole rings is 1. The Morgan fingerprint density at radius 2 is 2.24 bits per heavy atom. The van der Waals surface area contributed by atoms with Crippen LogP contribution in [0.25, 0.3) is 10.6 Å². The molecule has 0 aliphatic carbocycles. The predicted octanol–water partition coefficient (Wildman–Crippen LogP) is 3.39. The number of rotatable bonds is 4. The van der Waals surface area contributed by atoms with Crippen molar-refractivity contribution in [2.45, 2.75) is 20.3 Å². The second-order valence-electron chi connectivity index (χ2n) is 4.63. The van der Waals surface area contributed by atoms with Crippen LogP contribution < -0.4 is 5.32 Å². The van der Waals surface area contributed by atoms with Gasteiger partial charge in [-0.05, 0) is 25.3 Å². The standard InChI is InChI=1S/C14H14N4OS2/c1-8-13(11-4-3-5-20-11)17-18-14(8)16-12(19)6-10-7-21-9(2)15-10/h3-5,7H,6H2,1-2H3,(H2,16,17,18,19). The Hall–Kier alpha value is -1.99. The molecule has 0 atom stereocenters. The molecule has 0 saturated heterocycles. The van der Waals surface area contributed by atoms with Crippen molar-refractivity contribution in [2.24, 2.45) is 0 Å². The maximum Gasteiger partial charge on any atom is 0.231 e. The quantitative estimate of drug-likeness (QED) is 0.774. The number of aryl methyl sites for hydroxylation is 1. The van der Waals surface area contributed by atoms with E-state index in [-0.39, 0.29) is 12.3 Å². The maximum atomic E-state index is 12.0. The van der Waals surface area contributed by atoms with Gasteiger partial charge in [-0.1, -0.05) is 6.07 Å². The van der Waals surface area contributed by atoms with Crippen molar-refractivity contribution < 1.29 is 4.79 Å². The Balaban J connectivity index is 1.72. The lowest BCUT2D eigenvalue weighted by Crippen LogP contribution is -2.15. The van der Waals surface area contributed by atoms with Gasteiger partial charge in [-0.25, -0.2) is 4.98 Å². The Morgan fingerprint density at radius 3 is 2.90 bits per heavy atom. The summed E-state index contributed by atoms with van der Waals surface area (Å²) in [6, 6.07) is 4.01. The largest absolute Gasteiger partial charge is 0.309 e. The Kier molecular flexibility index (Phi) is 3.85. The zero-order chi connectivity index (χ0) is 14.8. The van der Waals surface area contributed by atoms with Gasteiger partial charge < -0.3 is 5.32 Å². The Labute approximate surface area is 130 Å². The van der Waals surface area contributed by atoms with Crippen LogP contribution in [0.2, 0.25) is 0 Å². The molecule has 0 bridgehead atoms. The number of carbonyl (C=O) groups excluding carboxylic acids is 1. The first-order valence-corrected chi connectivity index (χ1v) is 8.19. The number of hydrogen-bond donors (Lipinski definition) is 2. The SMILES string of the molecule is Cc1nc(CC(=O)Nc2n[nH]c(-c3cccs3)c2C)cs1. The molecule has 0 saturated carbocycles. The summed E-state index contributed by atoms with van der Waals surface area (Å²) in [6.45, 7) is 3.87. The summed E-state index contributed by atoms with van der Waals surface area (Å²) >= 11 is 3.18. The summed E-state index contributed by atoms with van der Waals surface area (Å²) in [5.74, 6) is 0.475. The Bertz CT molecular complexity index is 758. The fourth-order valence-electron chi connectivity index (χ4n) is 2.01. The molecule has 108 valence electrons. The monoisotopic (exact) mass is 318 g/mol. The first-order valence-electron chi connectivity index (χ1n) is 6.43. The van der Waals surface area contributed by atoms with Gasteiger partial charge in [0.25, 0.3) is 0 Å². The summed E-state index contributed by atoms with van der Waals surface area (Å²) in [7, 11) is 0. The van der Waals surface area contributed by atoms with E-state index >= 15 is 0 Å². The fraction of sp³-hybridized carbons (Fsp3) is 0.214. The van der Waals surface area contributed by atoms with Gasteiger partial charge in [0.05, 0.1) is 27.7 Å². The van der Waals surface area contributed by atoms with Gasteiger partial charge >= 0.3 is 0 Å². The number of aromatic amines is 1. The van der Waals surface area contributed by atoms with E-state index in [4.69, 9.17) is 0 Å². The van der Waals surface area contributed by atoms with Crippen molar-refractivity contribution in [3.63, 3.8) is 0 Å². The molecule has 0 radical (unpaired) electrons. The first-order chi connectivity index (χ1) is 10.1. The fourth-order valence-corrected chi connectivity index (χ4v) is 3.40. The molecule has 21 heavy (non-hydrogen) atoms. The van der Waals surface area contributed by atoms with Crippen LogP contribution in [0.15, 0.2) is 22.9 Å². The van der Waals surface area contributed by atoms with Gasteiger partial charge in [0, 0.05) is 10.9 Å². The maximum absolute atomic E-state index is 12.0. The number of nitrogens with one attached hydrogen (secondary N) is 2. The van der Waals surface area contributed by atoms with E-state index in [2.05, 4.69) is 20.5 Å². The highest BCUT2D eigenvalue weighted by Gasteiger charge is 2.14. The van der Waals surface area contributed by atoms with Crippen molar-refractivity contribution in [3.05, 3.63) is 39.2 Å². The molecule has 2 N–H and O–H groups in total. The number of carbonyl (C=O) groups is 1. The third-order valence-electron chi connectivity index (χ3n) is 3.04. The minimum absolute atomic E-state index is 0.104. The molecule has 3 heterocycles. The van der Waals surface area contributed by atoms with Crippen molar-refractivity contribution in [3.8, 4) is 10.6 Å². The van der Waals surface area contributed by atoms with Gasteiger partial charge in [0.15, 0.2) is 5.82 Å². The van der Waals surface area contributed by atoms with Crippen molar-refractivity contribution >= 4 is 34.4 Å². The molecular weight excluding hydrogens is 304 g/mol. The van der Waals surface area contributed by atoms with E-state index in [1.807, 2.05) is 36.7 Å². The van der Waals surface area contributed by atoms with E-state index < -0.39 is 0 Å². The molecule has 0 spiro atoms. The van der Waals surface area contributed by atoms with Gasteiger partial charge in [-0.2, -0.15) is 5.10 Å². The molecule has 5 nitrogen and oxygen atoms in total. The second-order valence-corrected chi connectivity index (χ2v) is 6.64. The van der Waals surface area contributed by atoms with E-state index in [0.29, 0.717) is 5.82 Å². The summed E-state index contributed by atoms with van der Waals surface area (Å²) in [5.41, 5.74) is 2.69. The molecule has 0 aliphatic heterocycles. The highest BCUT2D eigenvalue weighted by atomic mass is 32.1. The first kappa shape index (κ1) is 14.0. The van der Waals surface area contributed by atoms with Crippen LogP contribution in [0.4, 0.5) is 5.82 Å². The molecular formula is C14H14N4OS2. The van der Waals surface area contributed by atoms with Crippen molar-refractivity contribution in [1.82, 2.24) is 15.2 Å². The molecule has 3 aromatic heterocycles. The smallest absolute Gasteiger partial charge is 0.231 e. The summed E-state index contributed by atoms with van der Waals surface area (Å²) in [4.78, 5) is 17.4. The number of hydrogen-bond acceptors (Lipinski definition) is 5. The lowest BCUT2D eigenvalue weighted by atomic mass is 10.2. The predicted molar refractivity (Wildman–Crippen MR) is 85.8 cm³/mol. The molecule has 0 unspecified atom stereocenters. The van der Waals surface area contributed by atoms with Gasteiger partial charge in [-0.15, -0.1) is 22.7 Å². The van der Waals surface area contributed by atoms with Crippen LogP contribution in [0.3, 0.4) is 0 Å². The van der Waals surface area contributed by atoms with E-state index in [1.54, 1.807) is 22.7 Å². The Morgan fingerprint density at radius 1 is 1.38 bits per heavy atom. The van der Waals surface area contributed by atoms with E-state index in [1.165, 1.54) is 0 Å². The molecule has 1 amide bonds. The molecule has 0 fully saturated rings. The summed E-state index contributed by atoms with van der Waals surface area (Å²) < 4.78 is 0. The lowest BCUT2D eigenvalue weighted by molar-refractivity contribution is -0.115. The summed E-state index contributed by atoms with van der Waals surface area (Å²) in [6.07, 6.45) is 0.269.